The van der Waals surface area contributed by atoms with Crippen molar-refractivity contribution in [2.75, 3.05) is 17.1 Å². The number of sulfonamides is 1. The van der Waals surface area contributed by atoms with Gasteiger partial charge >= 0.3 is 0 Å². The maximum absolute atomic E-state index is 12.4. The van der Waals surface area contributed by atoms with Crippen LogP contribution in [0, 0.1) is 25.2 Å². The fourth-order valence-electron chi connectivity index (χ4n) is 3.61. The van der Waals surface area contributed by atoms with Crippen molar-refractivity contribution in [2.45, 2.75) is 60.3 Å². The molecule has 0 heterocycles. The van der Waals surface area contributed by atoms with Crippen molar-refractivity contribution in [3.63, 3.8) is 0 Å². The van der Waals surface area contributed by atoms with Crippen LogP contribution in [0.5, 0.6) is 0 Å². The summed E-state index contributed by atoms with van der Waals surface area (Å²) in [6, 6.07) is 5.55. The van der Waals surface area contributed by atoms with Crippen LogP contribution in [0.2, 0.25) is 0 Å². The number of benzene rings is 1. The van der Waals surface area contributed by atoms with Gasteiger partial charge in [-0.1, -0.05) is 32.9 Å². The molecule has 1 aromatic rings. The van der Waals surface area contributed by atoms with E-state index in [0.717, 1.165) is 53.1 Å². The second kappa shape index (κ2) is 8.64. The van der Waals surface area contributed by atoms with E-state index in [0.29, 0.717) is 11.6 Å². The third kappa shape index (κ3) is 6.06. The highest BCUT2D eigenvalue weighted by Crippen LogP contribution is 2.36. The molecule has 0 atom stereocenters. The van der Waals surface area contributed by atoms with E-state index in [9.17, 15) is 13.2 Å². The Morgan fingerprint density at radius 1 is 1.21 bits per heavy atom. The summed E-state index contributed by atoms with van der Waals surface area (Å²) >= 11 is 0. The van der Waals surface area contributed by atoms with Crippen LogP contribution in [0.25, 0.3) is 0 Å². The van der Waals surface area contributed by atoms with Gasteiger partial charge in [-0.25, -0.2) is 13.8 Å². The summed E-state index contributed by atoms with van der Waals surface area (Å²) in [5, 5.41) is 4.26. The lowest BCUT2D eigenvalue weighted by molar-refractivity contribution is -0.119. The zero-order valence-corrected chi connectivity index (χ0v) is 18.7. The zero-order valence-electron chi connectivity index (χ0n) is 17.9. The average Bonchev–Trinajstić information content (AvgIpc) is 2.59. The zero-order chi connectivity index (χ0) is 21.1. The van der Waals surface area contributed by atoms with Crippen LogP contribution in [0.1, 0.15) is 57.6 Å². The normalized spacial score (nSPS) is 17.9. The number of nitrogens with zero attached hydrogens (tertiary/aromatic N) is 2. The molecule has 1 amide bonds. The van der Waals surface area contributed by atoms with Crippen molar-refractivity contribution in [3.05, 3.63) is 29.3 Å². The molecule has 1 saturated carbocycles. The van der Waals surface area contributed by atoms with Crippen LogP contribution >= 0.6 is 0 Å². The molecule has 0 unspecified atom stereocenters. The van der Waals surface area contributed by atoms with Gasteiger partial charge in [-0.05, 0) is 68.1 Å². The van der Waals surface area contributed by atoms with Crippen LogP contribution < -0.4 is 9.73 Å². The molecule has 0 radical (unpaired) electrons. The maximum atomic E-state index is 12.4. The summed E-state index contributed by atoms with van der Waals surface area (Å²) in [6.07, 6.45) is 4.98. The Labute approximate surface area is 169 Å². The third-order valence-electron chi connectivity index (χ3n) is 5.45. The number of rotatable bonds is 5. The molecule has 28 heavy (non-hydrogen) atoms. The molecule has 1 N–H and O–H groups in total. The van der Waals surface area contributed by atoms with Crippen LogP contribution in [0.15, 0.2) is 23.3 Å². The summed E-state index contributed by atoms with van der Waals surface area (Å²) < 4.78 is 25.7. The predicted octanol–water partition coefficient (Wildman–Crippen LogP) is 3.78. The molecule has 1 aliphatic carbocycles. The Morgan fingerprint density at radius 2 is 1.82 bits per heavy atom. The van der Waals surface area contributed by atoms with Gasteiger partial charge in [-0.2, -0.15) is 5.10 Å². The Hall–Kier alpha value is -1.89. The Bertz CT molecular complexity index is 844. The molecule has 7 heteroatoms. The molecule has 156 valence electrons. The average molecular weight is 408 g/mol. The molecule has 1 aromatic carbocycles. The topological polar surface area (TPSA) is 78.8 Å². The standard InChI is InChI=1S/C21H33N3O3S/c1-15-7-8-16(2)19(13-15)24(28(6,26)27)14-20(25)23-22-18-11-9-17(10-12-18)21(3,4)5/h7-8,13,17H,9-12,14H2,1-6H3,(H,23,25). The maximum Gasteiger partial charge on any atom is 0.260 e. The summed E-state index contributed by atoms with van der Waals surface area (Å²) in [5.74, 6) is 0.226. The lowest BCUT2D eigenvalue weighted by Crippen LogP contribution is -2.39. The van der Waals surface area contributed by atoms with Crippen molar-refractivity contribution < 1.29 is 13.2 Å². The highest BCUT2D eigenvalue weighted by molar-refractivity contribution is 7.92. The summed E-state index contributed by atoms with van der Waals surface area (Å²) in [6.45, 7) is 10.2. The molecule has 0 aliphatic heterocycles. The number of carbonyl (C=O) groups excluding carboxylic acids is 1. The quantitative estimate of drug-likeness (QED) is 0.755. The Balaban J connectivity index is 2.05. The number of anilines is 1. The largest absolute Gasteiger partial charge is 0.271 e. The van der Waals surface area contributed by atoms with Gasteiger partial charge in [0, 0.05) is 5.71 Å². The molecule has 2 rings (SSSR count). The summed E-state index contributed by atoms with van der Waals surface area (Å²) in [4.78, 5) is 12.4. The van der Waals surface area contributed by atoms with Crippen molar-refractivity contribution in [1.82, 2.24) is 5.43 Å². The van der Waals surface area contributed by atoms with Crippen molar-refractivity contribution in [3.8, 4) is 0 Å². The van der Waals surface area contributed by atoms with E-state index in [4.69, 9.17) is 0 Å². The van der Waals surface area contributed by atoms with Gasteiger partial charge in [0.2, 0.25) is 10.0 Å². The first-order valence-electron chi connectivity index (χ1n) is 9.77. The first-order chi connectivity index (χ1) is 12.9. The van der Waals surface area contributed by atoms with Crippen molar-refractivity contribution in [1.29, 1.82) is 0 Å². The second-order valence-corrected chi connectivity index (χ2v) is 10.8. The highest BCUT2D eigenvalue weighted by atomic mass is 32.2. The van der Waals surface area contributed by atoms with Gasteiger partial charge in [0.15, 0.2) is 0 Å². The first-order valence-corrected chi connectivity index (χ1v) is 11.6. The minimum atomic E-state index is -3.60. The van der Waals surface area contributed by atoms with Crippen molar-refractivity contribution >= 4 is 27.3 Å². The Kier molecular flexibility index (Phi) is 6.91. The number of hydrogen-bond donors (Lipinski definition) is 1. The monoisotopic (exact) mass is 407 g/mol. The van der Waals surface area contributed by atoms with Crippen LogP contribution in [0.4, 0.5) is 5.69 Å². The number of hydrogen-bond acceptors (Lipinski definition) is 4. The van der Waals surface area contributed by atoms with E-state index < -0.39 is 15.9 Å². The first kappa shape index (κ1) is 22.4. The third-order valence-corrected chi connectivity index (χ3v) is 6.57. The number of amides is 1. The lowest BCUT2D eigenvalue weighted by Gasteiger charge is -2.34. The minimum Gasteiger partial charge on any atom is -0.271 e. The van der Waals surface area contributed by atoms with Gasteiger partial charge in [0.1, 0.15) is 6.54 Å². The van der Waals surface area contributed by atoms with Gasteiger partial charge in [0.25, 0.3) is 5.91 Å². The summed E-state index contributed by atoms with van der Waals surface area (Å²) in [7, 11) is -3.60. The fraction of sp³-hybridized carbons (Fsp3) is 0.619. The highest BCUT2D eigenvalue weighted by Gasteiger charge is 2.28. The number of aryl methyl sites for hydroxylation is 2. The minimum absolute atomic E-state index is 0.287. The molecule has 0 aromatic heterocycles. The van der Waals surface area contributed by atoms with Crippen molar-refractivity contribution in [2.24, 2.45) is 16.4 Å². The second-order valence-electron chi connectivity index (χ2n) is 8.91. The molecular weight excluding hydrogens is 374 g/mol. The van der Waals surface area contributed by atoms with Gasteiger partial charge in [0.05, 0.1) is 11.9 Å². The molecule has 1 fully saturated rings. The smallest absolute Gasteiger partial charge is 0.260 e. The predicted molar refractivity (Wildman–Crippen MR) is 115 cm³/mol. The number of hydrazone groups is 1. The van der Waals surface area contributed by atoms with E-state index in [1.807, 2.05) is 26.0 Å². The van der Waals surface area contributed by atoms with E-state index in [1.54, 1.807) is 6.07 Å². The van der Waals surface area contributed by atoms with E-state index >= 15 is 0 Å². The molecule has 1 aliphatic rings. The lowest BCUT2D eigenvalue weighted by atomic mass is 9.72. The number of nitrogens with one attached hydrogen (secondary N) is 1. The molecular formula is C21H33N3O3S. The molecule has 0 saturated heterocycles. The van der Waals surface area contributed by atoms with Crippen LogP contribution in [-0.2, 0) is 14.8 Å². The van der Waals surface area contributed by atoms with Gasteiger partial charge in [-0.15, -0.1) is 0 Å². The van der Waals surface area contributed by atoms with Gasteiger partial charge in [-0.3, -0.25) is 9.10 Å². The molecule has 0 spiro atoms. The van der Waals surface area contributed by atoms with E-state index in [2.05, 4.69) is 31.3 Å². The SMILES string of the molecule is Cc1ccc(C)c(N(CC(=O)NN=C2CCC(C(C)(C)C)CC2)S(C)(=O)=O)c1. The van der Waals surface area contributed by atoms with Crippen LogP contribution in [-0.4, -0.2) is 32.8 Å². The fourth-order valence-corrected chi connectivity index (χ4v) is 4.51. The van der Waals surface area contributed by atoms with E-state index in [1.165, 1.54) is 0 Å². The van der Waals surface area contributed by atoms with Gasteiger partial charge < -0.3 is 0 Å². The Morgan fingerprint density at radius 3 is 2.36 bits per heavy atom. The van der Waals surface area contributed by atoms with E-state index in [-0.39, 0.29) is 12.0 Å². The number of carbonyl (C=O) groups is 1. The molecule has 0 bridgehead atoms. The van der Waals surface area contributed by atoms with Crippen LogP contribution in [0.3, 0.4) is 0 Å². The summed E-state index contributed by atoms with van der Waals surface area (Å²) in [5.41, 5.74) is 6.08. The molecule has 6 nitrogen and oxygen atoms in total.